The van der Waals surface area contributed by atoms with Crippen LogP contribution >= 0.6 is 11.3 Å². The van der Waals surface area contributed by atoms with Gasteiger partial charge in [-0.15, -0.1) is 11.3 Å². The van der Waals surface area contributed by atoms with E-state index < -0.39 is 0 Å². The Morgan fingerprint density at radius 2 is 2.42 bits per heavy atom. The highest BCUT2D eigenvalue weighted by atomic mass is 32.1. The summed E-state index contributed by atoms with van der Waals surface area (Å²) in [4.78, 5) is 10.7. The first-order chi connectivity index (χ1) is 9.19. The Morgan fingerprint density at radius 3 is 3.00 bits per heavy atom. The first-order valence-electron chi connectivity index (χ1n) is 6.04. The molecule has 0 saturated carbocycles. The van der Waals surface area contributed by atoms with Crippen LogP contribution in [0.2, 0.25) is 0 Å². The topological polar surface area (TPSA) is 53.7 Å². The van der Waals surface area contributed by atoms with Gasteiger partial charge in [-0.2, -0.15) is 0 Å². The molecule has 2 heterocycles. The van der Waals surface area contributed by atoms with Crippen molar-refractivity contribution < 1.29 is 4.42 Å². The van der Waals surface area contributed by atoms with E-state index >= 15 is 0 Å². The van der Waals surface area contributed by atoms with Gasteiger partial charge in [0.25, 0.3) is 0 Å². The number of aliphatic imine (C=N–C) groups is 1. The molecular formula is C13H18N4OS. The van der Waals surface area contributed by atoms with E-state index in [0.29, 0.717) is 6.54 Å². The number of aryl methyl sites for hydroxylation is 1. The number of nitrogens with one attached hydrogen (secondary N) is 1. The van der Waals surface area contributed by atoms with Crippen LogP contribution in [-0.2, 0) is 13.1 Å². The standard InChI is InChI=1S/C13H18N4OS/c1-10-16-11(9-19-10)8-17(3)13(14-2)15-7-12-5-4-6-18-12/h4-6,9H,7-8H2,1-3H3,(H,14,15). The van der Waals surface area contributed by atoms with Crippen molar-refractivity contribution in [2.75, 3.05) is 14.1 Å². The molecule has 0 unspecified atom stereocenters. The molecule has 6 heteroatoms. The maximum Gasteiger partial charge on any atom is 0.194 e. The number of nitrogens with zero attached hydrogens (tertiary/aromatic N) is 3. The molecule has 0 aliphatic rings. The molecule has 0 amide bonds. The SMILES string of the molecule is CN=C(NCc1ccco1)N(C)Cc1csc(C)n1. The van der Waals surface area contributed by atoms with Crippen LogP contribution in [0.1, 0.15) is 16.5 Å². The lowest BCUT2D eigenvalue weighted by molar-refractivity contribution is 0.455. The van der Waals surface area contributed by atoms with Crippen molar-refractivity contribution in [3.05, 3.63) is 40.2 Å². The first kappa shape index (κ1) is 13.6. The monoisotopic (exact) mass is 278 g/mol. The molecule has 0 spiro atoms. The van der Waals surface area contributed by atoms with Crippen molar-refractivity contribution >= 4 is 17.3 Å². The largest absolute Gasteiger partial charge is 0.467 e. The number of aromatic nitrogens is 1. The molecule has 0 fully saturated rings. The van der Waals surface area contributed by atoms with E-state index in [4.69, 9.17) is 4.42 Å². The summed E-state index contributed by atoms with van der Waals surface area (Å²) in [5.74, 6) is 1.71. The fourth-order valence-electron chi connectivity index (χ4n) is 1.76. The zero-order chi connectivity index (χ0) is 13.7. The Bertz CT molecular complexity index is 533. The molecule has 102 valence electrons. The van der Waals surface area contributed by atoms with Crippen LogP contribution < -0.4 is 5.32 Å². The van der Waals surface area contributed by atoms with Crippen LogP contribution in [0.4, 0.5) is 0 Å². The van der Waals surface area contributed by atoms with Crippen LogP contribution in [0.15, 0.2) is 33.2 Å². The number of hydrogen-bond donors (Lipinski definition) is 1. The van der Waals surface area contributed by atoms with Gasteiger partial charge in [-0.1, -0.05) is 0 Å². The van der Waals surface area contributed by atoms with Gasteiger partial charge in [-0.3, -0.25) is 4.99 Å². The normalized spacial score (nSPS) is 11.6. The Hall–Kier alpha value is -1.82. The Balaban J connectivity index is 1.90. The molecule has 2 rings (SSSR count). The second-order valence-electron chi connectivity index (χ2n) is 4.19. The van der Waals surface area contributed by atoms with E-state index in [1.54, 1.807) is 24.6 Å². The van der Waals surface area contributed by atoms with Crippen LogP contribution in [0.25, 0.3) is 0 Å². The van der Waals surface area contributed by atoms with Crippen molar-refractivity contribution in [3.8, 4) is 0 Å². The summed E-state index contributed by atoms with van der Waals surface area (Å²) in [6.07, 6.45) is 1.67. The zero-order valence-corrected chi connectivity index (χ0v) is 12.2. The number of furan rings is 1. The van der Waals surface area contributed by atoms with Crippen molar-refractivity contribution in [1.82, 2.24) is 15.2 Å². The molecular weight excluding hydrogens is 260 g/mol. The van der Waals surface area contributed by atoms with Crippen molar-refractivity contribution in [1.29, 1.82) is 0 Å². The third-order valence-corrected chi connectivity index (χ3v) is 3.46. The minimum absolute atomic E-state index is 0.625. The van der Waals surface area contributed by atoms with Gasteiger partial charge in [0.2, 0.25) is 0 Å². The molecule has 0 aliphatic heterocycles. The molecule has 2 aromatic heterocycles. The lowest BCUT2D eigenvalue weighted by Gasteiger charge is -2.20. The Labute approximate surface area is 117 Å². The van der Waals surface area contributed by atoms with Crippen molar-refractivity contribution in [3.63, 3.8) is 0 Å². The second kappa shape index (κ2) is 6.38. The maximum absolute atomic E-state index is 5.28. The minimum Gasteiger partial charge on any atom is -0.467 e. The quantitative estimate of drug-likeness (QED) is 0.688. The third kappa shape index (κ3) is 3.82. The smallest absolute Gasteiger partial charge is 0.194 e. The lowest BCUT2D eigenvalue weighted by Crippen LogP contribution is -2.38. The Morgan fingerprint density at radius 1 is 1.58 bits per heavy atom. The van der Waals surface area contributed by atoms with Crippen molar-refractivity contribution in [2.45, 2.75) is 20.0 Å². The molecule has 0 atom stereocenters. The second-order valence-corrected chi connectivity index (χ2v) is 5.26. The van der Waals surface area contributed by atoms with E-state index in [-0.39, 0.29) is 0 Å². The van der Waals surface area contributed by atoms with Gasteiger partial charge >= 0.3 is 0 Å². The van der Waals surface area contributed by atoms with Crippen LogP contribution in [0.3, 0.4) is 0 Å². The van der Waals surface area contributed by atoms with Gasteiger partial charge in [0.1, 0.15) is 5.76 Å². The van der Waals surface area contributed by atoms with Gasteiger partial charge < -0.3 is 14.6 Å². The summed E-state index contributed by atoms with van der Waals surface area (Å²) >= 11 is 1.66. The highest BCUT2D eigenvalue weighted by Gasteiger charge is 2.08. The summed E-state index contributed by atoms with van der Waals surface area (Å²) in [6, 6.07) is 3.81. The maximum atomic E-state index is 5.28. The molecule has 1 N–H and O–H groups in total. The van der Waals surface area contributed by atoms with E-state index in [1.807, 2.05) is 31.0 Å². The average molecular weight is 278 g/mol. The Kier molecular flexibility index (Phi) is 4.57. The molecule has 0 radical (unpaired) electrons. The molecule has 0 bridgehead atoms. The number of guanidine groups is 1. The fourth-order valence-corrected chi connectivity index (χ4v) is 2.37. The summed E-state index contributed by atoms with van der Waals surface area (Å²) in [5.41, 5.74) is 1.06. The van der Waals surface area contributed by atoms with Crippen LogP contribution in [0, 0.1) is 6.92 Å². The average Bonchev–Trinajstić information content (AvgIpc) is 3.02. The van der Waals surface area contributed by atoms with Crippen molar-refractivity contribution in [2.24, 2.45) is 4.99 Å². The van der Waals surface area contributed by atoms with E-state index in [1.165, 1.54) is 0 Å². The highest BCUT2D eigenvalue weighted by molar-refractivity contribution is 7.09. The number of hydrogen-bond acceptors (Lipinski definition) is 4. The van der Waals surface area contributed by atoms with Gasteiger partial charge in [-0.25, -0.2) is 4.98 Å². The van der Waals surface area contributed by atoms with E-state index in [2.05, 4.69) is 20.7 Å². The first-order valence-corrected chi connectivity index (χ1v) is 6.92. The highest BCUT2D eigenvalue weighted by Crippen LogP contribution is 2.09. The summed E-state index contributed by atoms with van der Waals surface area (Å²) in [7, 11) is 3.76. The zero-order valence-electron chi connectivity index (χ0n) is 11.4. The molecule has 19 heavy (non-hydrogen) atoms. The number of rotatable bonds is 4. The molecule has 0 aliphatic carbocycles. The van der Waals surface area contributed by atoms with Gasteiger partial charge in [-0.05, 0) is 19.1 Å². The van der Waals surface area contributed by atoms with Gasteiger partial charge in [0, 0.05) is 19.5 Å². The summed E-state index contributed by atoms with van der Waals surface area (Å²) in [5, 5.41) is 6.42. The van der Waals surface area contributed by atoms with Crippen LogP contribution in [-0.4, -0.2) is 29.9 Å². The predicted molar refractivity (Wildman–Crippen MR) is 77.2 cm³/mol. The molecule has 5 nitrogen and oxygen atoms in total. The summed E-state index contributed by atoms with van der Waals surface area (Å²) in [6.45, 7) is 3.38. The molecule has 2 aromatic rings. The number of thiazole rings is 1. The van der Waals surface area contributed by atoms with Gasteiger partial charge in [0.05, 0.1) is 30.1 Å². The van der Waals surface area contributed by atoms with Gasteiger partial charge in [0.15, 0.2) is 5.96 Å². The van der Waals surface area contributed by atoms with Crippen LogP contribution in [0.5, 0.6) is 0 Å². The third-order valence-electron chi connectivity index (χ3n) is 2.64. The minimum atomic E-state index is 0.625. The molecule has 0 saturated heterocycles. The molecule has 0 aromatic carbocycles. The van der Waals surface area contributed by atoms with E-state index in [9.17, 15) is 0 Å². The predicted octanol–water partition coefficient (Wildman–Crippen LogP) is 2.25. The van der Waals surface area contributed by atoms with E-state index in [0.717, 1.165) is 29.0 Å². The summed E-state index contributed by atoms with van der Waals surface area (Å²) < 4.78 is 5.28. The lowest BCUT2D eigenvalue weighted by atomic mass is 10.4. The fraction of sp³-hybridized carbons (Fsp3) is 0.385.